The minimum atomic E-state index is 0.0746. The van der Waals surface area contributed by atoms with Crippen LogP contribution in [0.1, 0.15) is 57.8 Å². The van der Waals surface area contributed by atoms with Crippen molar-refractivity contribution in [3.63, 3.8) is 0 Å². The van der Waals surface area contributed by atoms with Crippen molar-refractivity contribution >= 4 is 17.6 Å². The van der Waals surface area contributed by atoms with Gasteiger partial charge in [0, 0.05) is 23.9 Å². The molecule has 0 saturated carbocycles. The molecule has 0 atom stereocenters. The molecule has 0 bridgehead atoms. The SMILES string of the molecule is [O]CCCCCCCCCCOc1ccc([N]C=C2C=CC(C=[N+]c3cc[c]cc3)=CC2)cc1. The summed E-state index contributed by atoms with van der Waals surface area (Å²) in [5.74, 6) is 0.893. The van der Waals surface area contributed by atoms with E-state index in [0.717, 1.165) is 60.6 Å². The Morgan fingerprint density at radius 1 is 0.882 bits per heavy atom. The molecule has 4 nitrogen and oxygen atoms in total. The Labute approximate surface area is 204 Å². The molecule has 4 heteroatoms. The van der Waals surface area contributed by atoms with E-state index >= 15 is 0 Å². The van der Waals surface area contributed by atoms with Crippen LogP contribution >= 0.6 is 0 Å². The maximum Gasteiger partial charge on any atom is 0.277 e. The maximum absolute atomic E-state index is 10.4. The number of aliphatic imine (C=N–C) groups is 1. The van der Waals surface area contributed by atoms with Gasteiger partial charge in [0.15, 0.2) is 0 Å². The Morgan fingerprint density at radius 2 is 1.59 bits per heavy atom. The molecule has 2 aromatic carbocycles. The average Bonchev–Trinajstić information content (AvgIpc) is 2.89. The number of nitrogens with zero attached hydrogens (tertiary/aromatic N) is 2. The summed E-state index contributed by atoms with van der Waals surface area (Å²) in [7, 11) is 0. The largest absolute Gasteiger partial charge is 0.494 e. The van der Waals surface area contributed by atoms with Gasteiger partial charge in [0.25, 0.3) is 5.69 Å². The normalized spacial score (nSPS) is 14.5. The van der Waals surface area contributed by atoms with Gasteiger partial charge in [0.1, 0.15) is 5.75 Å². The molecule has 0 saturated heterocycles. The molecule has 0 unspecified atom stereocenters. The molecular weight excluding hydrogens is 420 g/mol. The molecule has 0 fully saturated rings. The van der Waals surface area contributed by atoms with Crippen LogP contribution in [0.2, 0.25) is 0 Å². The molecule has 1 aliphatic rings. The number of unbranched alkanes of at least 4 members (excludes halogenated alkanes) is 7. The molecule has 0 heterocycles. The Morgan fingerprint density at radius 3 is 2.26 bits per heavy atom. The van der Waals surface area contributed by atoms with E-state index in [9.17, 15) is 5.11 Å². The van der Waals surface area contributed by atoms with Crippen molar-refractivity contribution in [2.75, 3.05) is 13.2 Å². The number of hydrogen-bond donors (Lipinski definition) is 0. The van der Waals surface area contributed by atoms with E-state index in [1.165, 1.54) is 32.1 Å². The summed E-state index contributed by atoms with van der Waals surface area (Å²) < 4.78 is 5.86. The van der Waals surface area contributed by atoms with Gasteiger partial charge in [-0.15, -0.1) is 0 Å². The molecule has 3 rings (SSSR count). The predicted octanol–water partition coefficient (Wildman–Crippen LogP) is 7.16. The number of hydrogen-bond acceptors (Lipinski definition) is 2. The Hall–Kier alpha value is -3.11. The fourth-order valence-electron chi connectivity index (χ4n) is 3.62. The van der Waals surface area contributed by atoms with Crippen molar-refractivity contribution in [3.05, 3.63) is 90.2 Å². The lowest BCUT2D eigenvalue weighted by Crippen LogP contribution is -1.98. The number of benzene rings is 2. The summed E-state index contributed by atoms with van der Waals surface area (Å²) >= 11 is 0. The second-order valence-corrected chi connectivity index (χ2v) is 8.47. The molecule has 0 aromatic heterocycles. The minimum absolute atomic E-state index is 0.0746. The number of ether oxygens (including phenoxy) is 1. The Balaban J connectivity index is 1.29. The smallest absolute Gasteiger partial charge is 0.277 e. The summed E-state index contributed by atoms with van der Waals surface area (Å²) in [4.78, 5) is 4.48. The van der Waals surface area contributed by atoms with Crippen LogP contribution < -0.4 is 15.0 Å². The highest BCUT2D eigenvalue weighted by Gasteiger charge is 2.05. The van der Waals surface area contributed by atoms with Gasteiger partial charge in [0.2, 0.25) is 6.21 Å². The number of allylic oxidation sites excluding steroid dienone is 5. The van der Waals surface area contributed by atoms with Crippen LogP contribution in [0.25, 0.3) is 0 Å². The Bertz CT molecular complexity index is 944. The minimum Gasteiger partial charge on any atom is -0.494 e. The summed E-state index contributed by atoms with van der Waals surface area (Å²) in [6, 6.07) is 18.6. The van der Waals surface area contributed by atoms with Crippen molar-refractivity contribution in [1.82, 2.24) is 10.3 Å². The monoisotopic (exact) mass is 455 g/mol. The van der Waals surface area contributed by atoms with Crippen LogP contribution in [-0.4, -0.2) is 19.4 Å². The van der Waals surface area contributed by atoms with Crippen LogP contribution in [0.3, 0.4) is 0 Å². The summed E-state index contributed by atoms with van der Waals surface area (Å²) in [5, 5.41) is 15.0. The average molecular weight is 456 g/mol. The van der Waals surface area contributed by atoms with E-state index in [2.05, 4.69) is 34.6 Å². The summed E-state index contributed by atoms with van der Waals surface area (Å²) in [6.07, 6.45) is 20.1. The first-order chi connectivity index (χ1) is 16.8. The fourth-order valence-corrected chi connectivity index (χ4v) is 3.62. The Kier molecular flexibility index (Phi) is 11.8. The lowest BCUT2D eigenvalue weighted by atomic mass is 10.0. The van der Waals surface area contributed by atoms with Gasteiger partial charge < -0.3 is 4.74 Å². The zero-order chi connectivity index (χ0) is 23.7. The molecule has 176 valence electrons. The third kappa shape index (κ3) is 10.2. The van der Waals surface area contributed by atoms with E-state index < -0.39 is 0 Å². The van der Waals surface area contributed by atoms with Gasteiger partial charge in [-0.05, 0) is 73.4 Å². The van der Waals surface area contributed by atoms with Crippen LogP contribution in [0.15, 0.2) is 84.1 Å². The zero-order valence-corrected chi connectivity index (χ0v) is 20.0. The first-order valence-electron chi connectivity index (χ1n) is 12.4. The van der Waals surface area contributed by atoms with E-state index in [0.29, 0.717) is 0 Å². The highest BCUT2D eigenvalue weighted by Crippen LogP contribution is 2.19. The highest BCUT2D eigenvalue weighted by molar-refractivity contribution is 5.84. The van der Waals surface area contributed by atoms with E-state index in [1.807, 2.05) is 60.9 Å². The van der Waals surface area contributed by atoms with Gasteiger partial charge in [-0.1, -0.05) is 50.7 Å². The van der Waals surface area contributed by atoms with E-state index in [-0.39, 0.29) is 6.61 Å². The van der Waals surface area contributed by atoms with Crippen LogP contribution in [-0.2, 0) is 5.11 Å². The van der Waals surface area contributed by atoms with Gasteiger partial charge in [0.05, 0.1) is 23.9 Å². The third-order valence-corrected chi connectivity index (χ3v) is 5.65. The first-order valence-corrected chi connectivity index (χ1v) is 12.4. The molecule has 34 heavy (non-hydrogen) atoms. The molecule has 0 aliphatic heterocycles. The van der Waals surface area contributed by atoms with Crippen LogP contribution in [0.4, 0.5) is 11.4 Å². The van der Waals surface area contributed by atoms with E-state index in [4.69, 9.17) is 4.74 Å². The van der Waals surface area contributed by atoms with Crippen molar-refractivity contribution in [2.45, 2.75) is 57.8 Å². The predicted molar refractivity (Wildman–Crippen MR) is 139 cm³/mol. The molecule has 4 radical (unpaired) electrons. The van der Waals surface area contributed by atoms with Crippen molar-refractivity contribution in [3.8, 4) is 5.75 Å². The molecule has 0 spiro atoms. The van der Waals surface area contributed by atoms with Crippen molar-refractivity contribution in [2.24, 2.45) is 0 Å². The third-order valence-electron chi connectivity index (χ3n) is 5.65. The molecule has 1 aliphatic carbocycles. The quantitative estimate of drug-likeness (QED) is 0.208. The second-order valence-electron chi connectivity index (χ2n) is 8.47. The first kappa shape index (κ1) is 25.5. The van der Waals surface area contributed by atoms with Gasteiger partial charge in [-0.3, -0.25) is 5.32 Å². The lowest BCUT2D eigenvalue weighted by Gasteiger charge is -2.08. The lowest BCUT2D eigenvalue weighted by molar-refractivity contribution is 0.186. The number of rotatable bonds is 15. The highest BCUT2D eigenvalue weighted by atomic mass is 16.5. The second kappa shape index (κ2) is 15.7. The van der Waals surface area contributed by atoms with Crippen molar-refractivity contribution < 1.29 is 9.84 Å². The van der Waals surface area contributed by atoms with Gasteiger partial charge in [-0.2, -0.15) is 0 Å². The van der Waals surface area contributed by atoms with E-state index in [1.54, 1.807) is 0 Å². The summed E-state index contributed by atoms with van der Waals surface area (Å²) in [5.41, 5.74) is 4.11. The van der Waals surface area contributed by atoms with Crippen LogP contribution in [0, 0.1) is 6.07 Å². The van der Waals surface area contributed by atoms with Gasteiger partial charge in [-0.25, -0.2) is 5.11 Å². The molecule has 0 amide bonds. The molecule has 2 aromatic rings. The zero-order valence-electron chi connectivity index (χ0n) is 20.0. The molecule has 0 N–H and O–H groups in total. The standard InChI is InChI=1S/C30H35N2O2/c33-22-10-5-3-1-2-4-6-11-23-34-30-20-18-29(19-21-30)32-25-27-16-14-26(15-17-27)24-31-28-12-8-7-9-13-28/h8-9,12-16,18-21,24-25H,1-6,10-11,17,22-23H2/q+1. The van der Waals surface area contributed by atoms with Crippen LogP contribution in [0.5, 0.6) is 5.75 Å². The van der Waals surface area contributed by atoms with Crippen molar-refractivity contribution in [1.29, 1.82) is 0 Å². The maximum atomic E-state index is 10.4. The topological polar surface area (TPSA) is 57.3 Å². The molecular formula is C30H35N2O2+. The summed E-state index contributed by atoms with van der Waals surface area (Å²) in [6.45, 7) is 0.827. The fraction of sp³-hybridized carbons (Fsp3) is 0.367. The van der Waals surface area contributed by atoms with Gasteiger partial charge >= 0.3 is 0 Å².